The molecule has 48 valence electrons. The molecule has 0 radical (unpaired) electrons. The number of hydrogen-bond donors (Lipinski definition) is 1. The molecule has 0 atom stereocenters. The van der Waals surface area contributed by atoms with Crippen molar-refractivity contribution in [1.82, 2.24) is 4.34 Å². The maximum absolute atomic E-state index is 3.14. The molecule has 0 heterocycles. The summed E-state index contributed by atoms with van der Waals surface area (Å²) in [5.41, 5.74) is 1.29. The van der Waals surface area contributed by atoms with E-state index in [1.54, 1.807) is 0 Å². The van der Waals surface area contributed by atoms with Crippen LogP contribution in [0.3, 0.4) is 0 Å². The third-order valence-corrected chi connectivity index (χ3v) is 1.39. The van der Waals surface area contributed by atoms with E-state index in [0.29, 0.717) is 0 Å². The topological polar surface area (TPSA) is 12.0 Å². The van der Waals surface area contributed by atoms with Crippen molar-refractivity contribution in [2.45, 2.75) is 6.54 Å². The molecule has 0 spiro atoms. The summed E-state index contributed by atoms with van der Waals surface area (Å²) >= 11 is 3.14. The van der Waals surface area contributed by atoms with Crippen LogP contribution >= 0.6 is 16.1 Å². The van der Waals surface area contributed by atoms with Crippen molar-refractivity contribution >= 4 is 16.1 Å². The Balaban J connectivity index is 2.61. The largest absolute Gasteiger partial charge is 0.251 e. The summed E-state index contributed by atoms with van der Waals surface area (Å²) in [6.45, 7) is 0.876. The molecule has 1 rings (SSSR count). The molecule has 1 aromatic carbocycles. The van der Waals surface area contributed by atoms with E-state index in [0.717, 1.165) is 6.54 Å². The van der Waals surface area contributed by atoms with Gasteiger partial charge < -0.3 is 0 Å². The summed E-state index contributed by atoms with van der Waals surface area (Å²) in [5, 5.41) is 0. The van der Waals surface area contributed by atoms with Crippen molar-refractivity contribution in [2.75, 3.05) is 0 Å². The molecule has 0 saturated carbocycles. The third-order valence-electron chi connectivity index (χ3n) is 1.11. The maximum Gasteiger partial charge on any atom is 0.0312 e. The third kappa shape index (κ3) is 2.16. The Morgan fingerprint density at radius 2 is 1.89 bits per heavy atom. The van der Waals surface area contributed by atoms with Crippen molar-refractivity contribution < 1.29 is 0 Å². The highest BCUT2D eigenvalue weighted by molar-refractivity contribution is 9.08. The Morgan fingerprint density at radius 3 is 2.44 bits per heavy atom. The SMILES string of the molecule is BrNCc1ccccc1. The normalized spacial score (nSPS) is 9.44. The zero-order chi connectivity index (χ0) is 6.53. The van der Waals surface area contributed by atoms with Gasteiger partial charge in [0.15, 0.2) is 0 Å². The zero-order valence-corrected chi connectivity index (χ0v) is 6.56. The second kappa shape index (κ2) is 3.64. The lowest BCUT2D eigenvalue weighted by molar-refractivity contribution is 0.995. The van der Waals surface area contributed by atoms with Crippen molar-refractivity contribution in [3.8, 4) is 0 Å². The minimum atomic E-state index is 0.876. The van der Waals surface area contributed by atoms with Crippen LogP contribution in [-0.2, 0) is 6.54 Å². The molecular formula is C7H8BrN. The molecule has 1 aromatic rings. The second-order valence-corrected chi connectivity index (χ2v) is 2.36. The van der Waals surface area contributed by atoms with Gasteiger partial charge in [-0.15, -0.1) is 0 Å². The van der Waals surface area contributed by atoms with E-state index < -0.39 is 0 Å². The Hall–Kier alpha value is -0.340. The van der Waals surface area contributed by atoms with Crippen LogP contribution in [0.4, 0.5) is 0 Å². The lowest BCUT2D eigenvalue weighted by Gasteiger charge is -1.94. The molecule has 0 unspecified atom stereocenters. The fourth-order valence-electron chi connectivity index (χ4n) is 0.673. The second-order valence-electron chi connectivity index (χ2n) is 1.80. The fraction of sp³-hybridized carbons (Fsp3) is 0.143. The molecule has 0 bridgehead atoms. The van der Waals surface area contributed by atoms with Gasteiger partial charge >= 0.3 is 0 Å². The predicted molar refractivity (Wildman–Crippen MR) is 42.2 cm³/mol. The van der Waals surface area contributed by atoms with E-state index in [9.17, 15) is 0 Å². The van der Waals surface area contributed by atoms with Gasteiger partial charge in [0.2, 0.25) is 0 Å². The summed E-state index contributed by atoms with van der Waals surface area (Å²) in [4.78, 5) is 0. The smallest absolute Gasteiger partial charge is 0.0312 e. The van der Waals surface area contributed by atoms with Gasteiger partial charge in [-0.1, -0.05) is 30.3 Å². The Morgan fingerprint density at radius 1 is 1.22 bits per heavy atom. The highest BCUT2D eigenvalue weighted by Gasteiger charge is 1.84. The average molecular weight is 186 g/mol. The first-order chi connectivity index (χ1) is 4.43. The fourth-order valence-corrected chi connectivity index (χ4v) is 0.997. The van der Waals surface area contributed by atoms with Crippen molar-refractivity contribution in [2.24, 2.45) is 0 Å². The molecule has 9 heavy (non-hydrogen) atoms. The summed E-state index contributed by atoms with van der Waals surface area (Å²) in [5.74, 6) is 0. The lowest BCUT2D eigenvalue weighted by Crippen LogP contribution is -1.95. The monoisotopic (exact) mass is 185 g/mol. The quantitative estimate of drug-likeness (QED) is 0.697. The number of rotatable bonds is 2. The number of nitrogens with one attached hydrogen (secondary N) is 1. The molecular weight excluding hydrogens is 178 g/mol. The summed E-state index contributed by atoms with van der Waals surface area (Å²) in [7, 11) is 0. The van der Waals surface area contributed by atoms with E-state index in [2.05, 4.69) is 32.6 Å². The molecule has 0 aliphatic carbocycles. The Kier molecular flexibility index (Phi) is 2.74. The van der Waals surface area contributed by atoms with Crippen LogP contribution in [0.1, 0.15) is 5.56 Å². The predicted octanol–water partition coefficient (Wildman–Crippen LogP) is 2.09. The van der Waals surface area contributed by atoms with E-state index in [1.807, 2.05) is 18.2 Å². The molecule has 0 aliphatic rings. The number of benzene rings is 1. The molecule has 2 heteroatoms. The molecule has 0 aliphatic heterocycles. The van der Waals surface area contributed by atoms with E-state index in [1.165, 1.54) is 5.56 Å². The van der Waals surface area contributed by atoms with Crippen molar-refractivity contribution in [3.63, 3.8) is 0 Å². The number of hydrogen-bond acceptors (Lipinski definition) is 1. The van der Waals surface area contributed by atoms with Gasteiger partial charge in [-0.25, -0.2) is 0 Å². The highest BCUT2D eigenvalue weighted by atomic mass is 79.9. The Bertz CT molecular complexity index is 162. The summed E-state index contributed by atoms with van der Waals surface area (Å²) in [6.07, 6.45) is 0. The van der Waals surface area contributed by atoms with Gasteiger partial charge in [0.1, 0.15) is 0 Å². The van der Waals surface area contributed by atoms with Crippen LogP contribution in [0.25, 0.3) is 0 Å². The molecule has 1 N–H and O–H groups in total. The molecule has 1 nitrogen and oxygen atoms in total. The summed E-state index contributed by atoms with van der Waals surface area (Å²) in [6, 6.07) is 10.2. The van der Waals surface area contributed by atoms with E-state index in [4.69, 9.17) is 0 Å². The van der Waals surface area contributed by atoms with Crippen molar-refractivity contribution in [1.29, 1.82) is 0 Å². The van der Waals surface area contributed by atoms with Crippen LogP contribution in [0.5, 0.6) is 0 Å². The van der Waals surface area contributed by atoms with Crippen LogP contribution < -0.4 is 4.34 Å². The maximum atomic E-state index is 3.14. The molecule has 0 aromatic heterocycles. The van der Waals surface area contributed by atoms with Crippen LogP contribution in [0, 0.1) is 0 Å². The van der Waals surface area contributed by atoms with Gasteiger partial charge in [-0.2, -0.15) is 0 Å². The minimum absolute atomic E-state index is 0.876. The van der Waals surface area contributed by atoms with Gasteiger partial charge in [-0.3, -0.25) is 4.34 Å². The van der Waals surface area contributed by atoms with Gasteiger partial charge in [0.05, 0.1) is 0 Å². The van der Waals surface area contributed by atoms with Gasteiger partial charge in [0, 0.05) is 22.7 Å². The summed E-state index contributed by atoms with van der Waals surface area (Å²) < 4.78 is 2.90. The van der Waals surface area contributed by atoms with Gasteiger partial charge in [-0.05, 0) is 5.56 Å². The molecule has 0 saturated heterocycles. The zero-order valence-electron chi connectivity index (χ0n) is 4.97. The van der Waals surface area contributed by atoms with Crippen LogP contribution in [-0.4, -0.2) is 0 Å². The molecule has 0 fully saturated rings. The standard InChI is InChI=1S/C7H8BrN/c8-9-6-7-4-2-1-3-5-7/h1-5,9H,6H2. The van der Waals surface area contributed by atoms with Crippen LogP contribution in [0.2, 0.25) is 0 Å². The molecule has 0 amide bonds. The van der Waals surface area contributed by atoms with Crippen LogP contribution in [0.15, 0.2) is 30.3 Å². The highest BCUT2D eigenvalue weighted by Crippen LogP contribution is 1.97. The number of halogens is 1. The van der Waals surface area contributed by atoms with Gasteiger partial charge in [0.25, 0.3) is 0 Å². The van der Waals surface area contributed by atoms with Crippen molar-refractivity contribution in [3.05, 3.63) is 35.9 Å². The first-order valence-electron chi connectivity index (χ1n) is 2.81. The first-order valence-corrected chi connectivity index (χ1v) is 3.60. The first kappa shape index (κ1) is 6.78. The van der Waals surface area contributed by atoms with E-state index in [-0.39, 0.29) is 0 Å². The minimum Gasteiger partial charge on any atom is -0.251 e. The van der Waals surface area contributed by atoms with E-state index >= 15 is 0 Å². The average Bonchev–Trinajstić information content (AvgIpc) is 1.91. The Labute approximate surface area is 63.4 Å². The lowest BCUT2D eigenvalue weighted by atomic mass is 10.2.